The number of hydrogen-bond donors (Lipinski definition) is 2. The van der Waals surface area contributed by atoms with Crippen molar-refractivity contribution >= 4 is 81.8 Å². The number of rotatable bonds is 14. The van der Waals surface area contributed by atoms with Crippen LogP contribution in [0.4, 0.5) is 30.2 Å². The zero-order valence-corrected chi connectivity index (χ0v) is 52.9. The molecule has 6 heterocycles. The van der Waals surface area contributed by atoms with Crippen LogP contribution in [-0.2, 0) is 49.3 Å². The van der Waals surface area contributed by atoms with Gasteiger partial charge in [-0.05, 0) is 107 Å². The highest BCUT2D eigenvalue weighted by atomic mass is 32.3. The first-order chi connectivity index (χ1) is 40.5. The van der Waals surface area contributed by atoms with Crippen molar-refractivity contribution in [1.29, 1.82) is 0 Å². The second kappa shape index (κ2) is 25.1. The van der Waals surface area contributed by atoms with E-state index in [1.54, 1.807) is 95.5 Å². The third-order valence-corrected chi connectivity index (χ3v) is 17.3. The van der Waals surface area contributed by atoms with Crippen molar-refractivity contribution < 1.29 is 52.8 Å². The predicted octanol–water partition coefficient (Wildman–Crippen LogP) is 7.00. The Kier molecular flexibility index (Phi) is 18.9. The minimum Gasteiger partial charge on any atom is -0.399 e. The normalized spacial score (nSPS) is 11.7. The summed E-state index contributed by atoms with van der Waals surface area (Å²) < 4.78 is 122. The average molecular weight is 1260 g/mol. The monoisotopic (exact) mass is 1260 g/mol. The summed E-state index contributed by atoms with van der Waals surface area (Å²) >= 11 is 0. The second-order valence-corrected chi connectivity index (χ2v) is 26.5. The number of nitrogen functional groups attached to an aromatic ring is 1. The zero-order valence-electron chi connectivity index (χ0n) is 50.5. The van der Waals surface area contributed by atoms with E-state index in [9.17, 15) is 48.4 Å². The smallest absolute Gasteiger partial charge is 0.272 e. The minimum absolute atomic E-state index is 0.0336. The van der Waals surface area contributed by atoms with Crippen molar-refractivity contribution in [2.24, 2.45) is 0 Å². The van der Waals surface area contributed by atoms with Gasteiger partial charge in [0.1, 0.15) is 51.6 Å². The topological polar surface area (TPSA) is 295 Å². The standard InChI is InChI=1S/C20H24FN5O5S2.C19H22FN5O3S.C18H20FN5O/c1-7-13-11-17(20(27)24(3)4)22-19-12(2)18(23-25(13)19)15-9-8-14(10-16(15)21)26(32(5,28)29)33(6,30)31;1-6-13-10-16(19(26)24(3)4)21-18-11(2)17(22-25(13)18)14-8-7-12(9-15(14)20)23-29(5,27)28;1-5-12-9-15(18(25)23(3)4)21-17-10(2)16(22-24(12)17)13-7-6-11(20)8-14(13)19/h8-11H,7H2,1-6H3;7-10,23H,6H2,1-5H3;6-9H,5,20H2,1-4H3. The lowest BCUT2D eigenvalue weighted by molar-refractivity contribution is 0.0815. The van der Waals surface area contributed by atoms with Crippen molar-refractivity contribution in [2.75, 3.05) is 75.2 Å². The van der Waals surface area contributed by atoms with E-state index < -0.39 is 47.5 Å². The molecule has 3 aromatic carbocycles. The molecule has 0 aliphatic rings. The third-order valence-electron chi connectivity index (χ3n) is 13.4. The molecule has 24 nitrogen and oxygen atoms in total. The van der Waals surface area contributed by atoms with Gasteiger partial charge in [0, 0.05) is 105 Å². The van der Waals surface area contributed by atoms with Crippen LogP contribution in [0.5, 0.6) is 0 Å². The summed E-state index contributed by atoms with van der Waals surface area (Å²) in [5, 5.41) is 13.5. The van der Waals surface area contributed by atoms with Gasteiger partial charge in [0.25, 0.3) is 17.7 Å². The number of hydrogen-bond acceptors (Lipinski definition) is 16. The first-order valence-corrected chi connectivity index (χ1v) is 32.3. The van der Waals surface area contributed by atoms with Crippen LogP contribution in [0.15, 0.2) is 72.8 Å². The Morgan fingerprint density at radius 3 is 1.10 bits per heavy atom. The molecule has 9 aromatic rings. The molecule has 0 fully saturated rings. The number of amides is 3. The van der Waals surface area contributed by atoms with Crippen molar-refractivity contribution in [3.63, 3.8) is 0 Å². The summed E-state index contributed by atoms with van der Waals surface area (Å²) in [7, 11) is -2.06. The molecule has 462 valence electrons. The van der Waals surface area contributed by atoms with Gasteiger partial charge < -0.3 is 20.4 Å². The van der Waals surface area contributed by atoms with Gasteiger partial charge in [-0.1, -0.05) is 20.8 Å². The summed E-state index contributed by atoms with van der Waals surface area (Å²) in [6, 6.07) is 16.9. The Bertz CT molecular complexity index is 4550. The predicted molar refractivity (Wildman–Crippen MR) is 327 cm³/mol. The lowest BCUT2D eigenvalue weighted by Crippen LogP contribution is -2.35. The number of nitrogens with zero attached hydrogens (tertiary/aromatic N) is 13. The van der Waals surface area contributed by atoms with Gasteiger partial charge in [0.2, 0.25) is 30.1 Å². The van der Waals surface area contributed by atoms with E-state index >= 15 is 4.39 Å². The van der Waals surface area contributed by atoms with Gasteiger partial charge in [-0.3, -0.25) is 19.1 Å². The first-order valence-electron chi connectivity index (χ1n) is 26.7. The van der Waals surface area contributed by atoms with Gasteiger partial charge in [0.15, 0.2) is 16.9 Å². The highest BCUT2D eigenvalue weighted by Gasteiger charge is 2.30. The SMILES string of the molecule is CCc1cc(C(=O)N(C)C)nc2c(C)c(-c3ccc(N(S(C)(=O)=O)S(C)(=O)=O)cc3F)nn12.CCc1cc(C(=O)N(C)C)nc2c(C)c(-c3ccc(N)cc3F)nn12.CCc1cc(C(=O)N(C)C)nc2c(C)c(-c3ccc(NS(C)(=O)=O)cc3F)nn12. The number of sulfonamides is 3. The molecule has 6 aromatic heterocycles. The fourth-order valence-corrected chi connectivity index (χ4v) is 12.8. The van der Waals surface area contributed by atoms with Crippen molar-refractivity contribution in [3.05, 3.63) is 141 Å². The molecular formula is C57H66F3N15O9S3. The molecule has 0 aliphatic heterocycles. The molecule has 0 radical (unpaired) electrons. The number of carbonyl (C=O) groups is 3. The highest BCUT2D eigenvalue weighted by molar-refractivity contribution is 8.09. The summed E-state index contributed by atoms with van der Waals surface area (Å²) in [6.45, 7) is 11.1. The number of aryl methyl sites for hydroxylation is 6. The van der Waals surface area contributed by atoms with Crippen LogP contribution in [0.1, 0.15) is 86.0 Å². The lowest BCUT2D eigenvalue weighted by Gasteiger charge is -2.20. The molecule has 30 heteroatoms. The molecule has 3 N–H and O–H groups in total. The molecule has 0 spiro atoms. The van der Waals surface area contributed by atoms with E-state index in [-0.39, 0.29) is 55.3 Å². The Labute approximate surface area is 501 Å². The van der Waals surface area contributed by atoms with Crippen molar-refractivity contribution in [1.82, 2.24) is 58.5 Å². The van der Waals surface area contributed by atoms with Crippen LogP contribution in [0.25, 0.3) is 50.7 Å². The van der Waals surface area contributed by atoms with Crippen molar-refractivity contribution in [3.8, 4) is 33.8 Å². The molecule has 0 saturated carbocycles. The maximum atomic E-state index is 15.1. The first kappa shape index (κ1) is 65.5. The van der Waals surface area contributed by atoms with E-state index in [1.807, 2.05) is 27.7 Å². The molecule has 0 unspecified atom stereocenters. The molecule has 87 heavy (non-hydrogen) atoms. The molecular weight excluding hydrogens is 1190 g/mol. The zero-order chi connectivity index (χ0) is 64.7. The number of benzene rings is 3. The van der Waals surface area contributed by atoms with Crippen LogP contribution < -0.4 is 14.2 Å². The van der Waals surface area contributed by atoms with Crippen LogP contribution >= 0.6 is 0 Å². The maximum Gasteiger partial charge on any atom is 0.272 e. The van der Waals surface area contributed by atoms with E-state index in [4.69, 9.17) is 5.73 Å². The van der Waals surface area contributed by atoms with Gasteiger partial charge in [-0.25, -0.2) is 66.9 Å². The average Bonchev–Trinajstić information content (AvgIpc) is 1.71. The number of carbonyl (C=O) groups excluding carboxylic acids is 3. The fourth-order valence-electron chi connectivity index (χ4n) is 9.24. The van der Waals surface area contributed by atoms with E-state index in [1.165, 1.54) is 49.5 Å². The molecule has 0 atom stereocenters. The van der Waals surface area contributed by atoms with E-state index in [0.29, 0.717) is 92.6 Å². The van der Waals surface area contributed by atoms with Gasteiger partial charge in [-0.15, -0.1) is 0 Å². The van der Waals surface area contributed by atoms with E-state index in [0.717, 1.165) is 42.3 Å². The number of aromatic nitrogens is 9. The third kappa shape index (κ3) is 13.8. The van der Waals surface area contributed by atoms with Crippen LogP contribution in [0, 0.1) is 38.2 Å². The molecule has 0 saturated heterocycles. The number of anilines is 3. The Balaban J connectivity index is 0.000000188. The maximum absolute atomic E-state index is 15.1. The Morgan fingerprint density at radius 2 is 0.816 bits per heavy atom. The summed E-state index contributed by atoms with van der Waals surface area (Å²) in [4.78, 5) is 54.7. The minimum atomic E-state index is -4.21. The largest absolute Gasteiger partial charge is 0.399 e. The number of nitrogens with one attached hydrogen (secondary N) is 1. The molecule has 0 bridgehead atoms. The van der Waals surface area contributed by atoms with Gasteiger partial charge in [0.05, 0.1) is 30.1 Å². The second-order valence-electron chi connectivity index (χ2n) is 20.9. The summed E-state index contributed by atoms with van der Waals surface area (Å²) in [6.07, 6.45) is 4.24. The number of nitrogens with two attached hydrogens (primary N) is 1. The Hall–Kier alpha value is -9.03. The summed E-state index contributed by atoms with van der Waals surface area (Å²) in [5.74, 6) is -2.61. The number of halogens is 3. The van der Waals surface area contributed by atoms with Crippen molar-refractivity contribution in [2.45, 2.75) is 60.8 Å². The Morgan fingerprint density at radius 1 is 0.494 bits per heavy atom. The summed E-state index contributed by atoms with van der Waals surface area (Å²) in [5.41, 5.74) is 13.9. The molecule has 9 rings (SSSR count). The van der Waals surface area contributed by atoms with E-state index in [2.05, 4.69) is 35.0 Å². The quantitative estimate of drug-likeness (QED) is 0.104. The molecule has 3 amide bonds. The van der Waals surface area contributed by atoms with Crippen LogP contribution in [-0.4, -0.2) is 163 Å². The van der Waals surface area contributed by atoms with Gasteiger partial charge in [-0.2, -0.15) is 19.0 Å². The molecule has 0 aliphatic carbocycles. The van der Waals surface area contributed by atoms with Crippen LogP contribution in [0.3, 0.4) is 0 Å². The highest BCUT2D eigenvalue weighted by Crippen LogP contribution is 2.34. The lowest BCUT2D eigenvalue weighted by atomic mass is 10.1. The number of fused-ring (bicyclic) bond motifs is 3. The van der Waals surface area contributed by atoms with Gasteiger partial charge >= 0.3 is 0 Å². The fraction of sp³-hybridized carbons (Fsp3) is 0.316. The van der Waals surface area contributed by atoms with Crippen LogP contribution in [0.2, 0.25) is 0 Å².